The predicted octanol–water partition coefficient (Wildman–Crippen LogP) is 2.59. The summed E-state index contributed by atoms with van der Waals surface area (Å²) in [6, 6.07) is 4.24. The van der Waals surface area contributed by atoms with Crippen LogP contribution in [0.15, 0.2) is 23.4 Å². The number of nitrogens with zero attached hydrogens (tertiary/aromatic N) is 3. The number of aromatic amines is 1. The molecule has 1 saturated heterocycles. The molecular formula is C16H20N4O5S. The van der Waals surface area contributed by atoms with E-state index in [1.807, 2.05) is 0 Å². The maximum atomic E-state index is 12.8. The van der Waals surface area contributed by atoms with Gasteiger partial charge in [-0.25, -0.2) is 9.78 Å². The van der Waals surface area contributed by atoms with Crippen LogP contribution in [0.3, 0.4) is 0 Å². The molecule has 0 bridgehead atoms. The highest BCUT2D eigenvalue weighted by Gasteiger charge is 2.34. The largest absolute Gasteiger partial charge is 0.444 e. The van der Waals surface area contributed by atoms with Gasteiger partial charge in [0.15, 0.2) is 5.16 Å². The molecule has 1 amide bonds. The molecule has 2 heterocycles. The molecule has 1 aliphatic rings. The number of non-ortho nitro benzene ring substituents is 1. The minimum atomic E-state index is -1.46. The lowest BCUT2D eigenvalue weighted by atomic mass is 10.2. The first kappa shape index (κ1) is 18.3. The van der Waals surface area contributed by atoms with Crippen LogP contribution >= 0.6 is 0 Å². The number of carbonyl (C=O) groups excluding carboxylic acids is 1. The van der Waals surface area contributed by atoms with E-state index in [1.54, 1.807) is 25.7 Å². The SMILES string of the molecule is CC(C)(C)OC(=O)N1CC[C@@H]([S@](=O)c2nc3ccc([N+](=O)[O-])cc3[nH]2)C1. The lowest BCUT2D eigenvalue weighted by Crippen LogP contribution is -2.36. The average molecular weight is 380 g/mol. The summed E-state index contributed by atoms with van der Waals surface area (Å²) in [7, 11) is -1.46. The molecule has 9 nitrogen and oxygen atoms in total. The van der Waals surface area contributed by atoms with Crippen molar-refractivity contribution in [3.8, 4) is 0 Å². The standard InChI is InChI=1S/C16H20N4O5S/c1-16(2,3)25-15(21)19-7-6-11(9-19)26(24)14-17-12-5-4-10(20(22)23)8-13(12)18-14/h4-5,8,11H,6-7,9H2,1-3H3,(H,17,18)/t11-,26+/m1/s1. The molecule has 2 aromatic rings. The Hall–Kier alpha value is -2.49. The molecule has 2 atom stereocenters. The zero-order valence-electron chi connectivity index (χ0n) is 14.7. The number of amides is 1. The van der Waals surface area contributed by atoms with Gasteiger partial charge in [0.05, 0.1) is 32.0 Å². The fraction of sp³-hybridized carbons (Fsp3) is 0.500. The molecule has 0 radical (unpaired) electrons. The van der Waals surface area contributed by atoms with Crippen molar-refractivity contribution in [2.45, 2.75) is 43.2 Å². The number of aromatic nitrogens is 2. The van der Waals surface area contributed by atoms with Crippen molar-refractivity contribution < 1.29 is 18.7 Å². The molecule has 10 heteroatoms. The van der Waals surface area contributed by atoms with E-state index in [0.29, 0.717) is 30.5 Å². The van der Waals surface area contributed by atoms with E-state index >= 15 is 0 Å². The molecule has 140 valence electrons. The number of benzene rings is 1. The topological polar surface area (TPSA) is 118 Å². The van der Waals surface area contributed by atoms with Crippen LogP contribution in [0.4, 0.5) is 10.5 Å². The number of rotatable bonds is 3. The van der Waals surface area contributed by atoms with Crippen LogP contribution in [0.5, 0.6) is 0 Å². The highest BCUT2D eigenvalue weighted by molar-refractivity contribution is 7.85. The second-order valence-electron chi connectivity index (χ2n) is 7.13. The monoisotopic (exact) mass is 380 g/mol. The van der Waals surface area contributed by atoms with Crippen LogP contribution in [-0.4, -0.2) is 54.0 Å². The van der Waals surface area contributed by atoms with Gasteiger partial charge < -0.3 is 14.6 Å². The van der Waals surface area contributed by atoms with Crippen LogP contribution < -0.4 is 0 Å². The van der Waals surface area contributed by atoms with Crippen molar-refractivity contribution in [2.75, 3.05) is 13.1 Å². The molecule has 1 aromatic carbocycles. The number of nitrogens with one attached hydrogen (secondary N) is 1. The molecule has 0 aliphatic carbocycles. The van der Waals surface area contributed by atoms with Crippen LogP contribution in [0.1, 0.15) is 27.2 Å². The minimum absolute atomic E-state index is 0.0598. The maximum absolute atomic E-state index is 12.8. The quantitative estimate of drug-likeness (QED) is 0.646. The number of hydrogen-bond acceptors (Lipinski definition) is 6. The molecule has 3 rings (SSSR count). The molecule has 1 aromatic heterocycles. The number of ether oxygens (including phenoxy) is 1. The zero-order chi connectivity index (χ0) is 19.1. The third kappa shape index (κ3) is 3.85. The normalized spacial score (nSPS) is 18.9. The predicted molar refractivity (Wildman–Crippen MR) is 95.4 cm³/mol. The first-order chi connectivity index (χ1) is 12.1. The van der Waals surface area contributed by atoms with E-state index in [2.05, 4.69) is 9.97 Å². The van der Waals surface area contributed by atoms with Crippen LogP contribution in [0.25, 0.3) is 11.0 Å². The van der Waals surface area contributed by atoms with Gasteiger partial charge >= 0.3 is 6.09 Å². The summed E-state index contributed by atoms with van der Waals surface area (Å²) in [6.45, 7) is 6.17. The van der Waals surface area contributed by atoms with Gasteiger partial charge in [-0.1, -0.05) is 0 Å². The van der Waals surface area contributed by atoms with Crippen molar-refractivity contribution in [3.05, 3.63) is 28.3 Å². The summed E-state index contributed by atoms with van der Waals surface area (Å²) in [5.41, 5.74) is 0.336. The highest BCUT2D eigenvalue weighted by Crippen LogP contribution is 2.24. The first-order valence-corrected chi connectivity index (χ1v) is 9.38. The van der Waals surface area contributed by atoms with Gasteiger partial charge in [-0.2, -0.15) is 0 Å². The Morgan fingerprint density at radius 2 is 2.19 bits per heavy atom. The number of H-pyrrole nitrogens is 1. The van der Waals surface area contributed by atoms with E-state index in [1.165, 1.54) is 18.2 Å². The Kier molecular flexibility index (Phi) is 4.70. The van der Waals surface area contributed by atoms with Gasteiger partial charge in [0.2, 0.25) is 0 Å². The van der Waals surface area contributed by atoms with E-state index in [4.69, 9.17) is 4.74 Å². The average Bonchev–Trinajstić information content (AvgIpc) is 3.18. The summed E-state index contributed by atoms with van der Waals surface area (Å²) >= 11 is 0. The molecule has 1 aliphatic heterocycles. The van der Waals surface area contributed by atoms with Gasteiger partial charge in [-0.05, 0) is 33.3 Å². The third-order valence-electron chi connectivity index (χ3n) is 3.94. The Labute approximate surface area is 152 Å². The lowest BCUT2D eigenvalue weighted by molar-refractivity contribution is -0.384. The summed E-state index contributed by atoms with van der Waals surface area (Å²) in [6.07, 6.45) is 0.153. The molecule has 26 heavy (non-hydrogen) atoms. The third-order valence-corrected chi connectivity index (χ3v) is 5.51. The van der Waals surface area contributed by atoms with Crippen molar-refractivity contribution in [3.63, 3.8) is 0 Å². The number of likely N-dealkylation sites (tertiary alicyclic amines) is 1. The van der Waals surface area contributed by atoms with Gasteiger partial charge in [0, 0.05) is 25.2 Å². The van der Waals surface area contributed by atoms with Gasteiger partial charge in [0.25, 0.3) is 5.69 Å². The van der Waals surface area contributed by atoms with Crippen molar-refractivity contribution in [1.82, 2.24) is 14.9 Å². The smallest absolute Gasteiger partial charge is 0.410 e. The highest BCUT2D eigenvalue weighted by atomic mass is 32.2. The van der Waals surface area contributed by atoms with Crippen molar-refractivity contribution in [1.29, 1.82) is 0 Å². The Bertz CT molecular complexity index is 888. The van der Waals surface area contributed by atoms with Crippen LogP contribution in [-0.2, 0) is 15.5 Å². The van der Waals surface area contributed by atoms with E-state index < -0.39 is 27.4 Å². The number of hydrogen-bond donors (Lipinski definition) is 1. The van der Waals surface area contributed by atoms with Gasteiger partial charge in [0.1, 0.15) is 5.60 Å². The molecule has 1 fully saturated rings. The summed E-state index contributed by atoms with van der Waals surface area (Å²) in [5.74, 6) is 0. The lowest BCUT2D eigenvalue weighted by Gasteiger charge is -2.24. The first-order valence-electron chi connectivity index (χ1n) is 8.17. The number of imidazole rings is 1. The molecular weight excluding hydrogens is 360 g/mol. The fourth-order valence-corrected chi connectivity index (χ4v) is 4.09. The van der Waals surface area contributed by atoms with Gasteiger partial charge in [-0.15, -0.1) is 0 Å². The van der Waals surface area contributed by atoms with Crippen LogP contribution in [0.2, 0.25) is 0 Å². The second kappa shape index (κ2) is 6.67. The maximum Gasteiger partial charge on any atom is 0.410 e. The number of nitro benzene ring substituents is 1. The minimum Gasteiger partial charge on any atom is -0.444 e. The molecule has 1 N–H and O–H groups in total. The number of nitro groups is 1. The summed E-state index contributed by atoms with van der Waals surface area (Å²) in [4.78, 5) is 31.2. The van der Waals surface area contributed by atoms with Crippen LogP contribution in [0, 0.1) is 10.1 Å². The zero-order valence-corrected chi connectivity index (χ0v) is 15.5. The summed E-state index contributed by atoms with van der Waals surface area (Å²) in [5, 5.41) is 10.9. The Morgan fingerprint density at radius 3 is 2.85 bits per heavy atom. The Balaban J connectivity index is 1.73. The molecule has 0 unspecified atom stereocenters. The van der Waals surface area contributed by atoms with E-state index in [9.17, 15) is 19.1 Å². The molecule has 0 spiro atoms. The van der Waals surface area contributed by atoms with Crippen molar-refractivity contribution >= 4 is 33.6 Å². The second-order valence-corrected chi connectivity index (χ2v) is 8.78. The number of fused-ring (bicyclic) bond motifs is 1. The van der Waals surface area contributed by atoms with Gasteiger partial charge in [-0.3, -0.25) is 14.3 Å². The number of carbonyl (C=O) groups is 1. The van der Waals surface area contributed by atoms with Crippen molar-refractivity contribution in [2.24, 2.45) is 0 Å². The summed E-state index contributed by atoms with van der Waals surface area (Å²) < 4.78 is 18.1. The fourth-order valence-electron chi connectivity index (χ4n) is 2.74. The van der Waals surface area contributed by atoms with E-state index in [0.717, 1.165) is 0 Å². The van der Waals surface area contributed by atoms with E-state index in [-0.39, 0.29) is 16.1 Å². The molecule has 0 saturated carbocycles. The Morgan fingerprint density at radius 1 is 1.46 bits per heavy atom.